The first-order valence-corrected chi connectivity index (χ1v) is 11.5. The first-order chi connectivity index (χ1) is 15.0. The maximum Gasteiger partial charge on any atom is 0.251 e. The monoisotopic (exact) mass is 419 g/mol. The molecule has 0 bridgehead atoms. The summed E-state index contributed by atoms with van der Waals surface area (Å²) in [6.45, 7) is 5.39. The van der Waals surface area contributed by atoms with Crippen molar-refractivity contribution in [2.45, 2.75) is 64.2 Å². The van der Waals surface area contributed by atoms with Crippen molar-refractivity contribution in [1.82, 2.24) is 15.5 Å². The number of rotatable bonds is 10. The Hall–Kier alpha value is -2.66. The van der Waals surface area contributed by atoms with E-state index < -0.39 is 0 Å². The Morgan fingerprint density at radius 1 is 0.968 bits per heavy atom. The number of amides is 2. The molecule has 2 aliphatic carbocycles. The fraction of sp³-hybridized carbons (Fsp3) is 0.462. The smallest absolute Gasteiger partial charge is 0.251 e. The van der Waals surface area contributed by atoms with Crippen LogP contribution in [0.25, 0.3) is 0 Å². The lowest BCUT2D eigenvalue weighted by Gasteiger charge is -2.26. The molecule has 0 spiro atoms. The van der Waals surface area contributed by atoms with Crippen LogP contribution < -0.4 is 10.6 Å². The van der Waals surface area contributed by atoms with E-state index in [1.807, 2.05) is 42.5 Å². The zero-order valence-corrected chi connectivity index (χ0v) is 18.5. The lowest BCUT2D eigenvalue weighted by atomic mass is 9.96. The van der Waals surface area contributed by atoms with Crippen molar-refractivity contribution in [3.05, 3.63) is 71.3 Å². The predicted octanol–water partition coefficient (Wildman–Crippen LogP) is 4.06. The third-order valence-corrected chi connectivity index (χ3v) is 6.07. The van der Waals surface area contributed by atoms with Gasteiger partial charge in [0.15, 0.2) is 0 Å². The second-order valence-corrected chi connectivity index (χ2v) is 9.28. The summed E-state index contributed by atoms with van der Waals surface area (Å²) in [4.78, 5) is 27.4. The van der Waals surface area contributed by atoms with Gasteiger partial charge in [-0.1, -0.05) is 56.3 Å². The molecule has 5 heteroatoms. The molecule has 1 unspecified atom stereocenters. The van der Waals surface area contributed by atoms with Crippen LogP contribution in [0.3, 0.4) is 0 Å². The summed E-state index contributed by atoms with van der Waals surface area (Å²) >= 11 is 0. The van der Waals surface area contributed by atoms with Gasteiger partial charge in [-0.2, -0.15) is 0 Å². The molecule has 0 heterocycles. The number of carbonyl (C=O) groups is 2. The average Bonchev–Trinajstić information content (AvgIpc) is 3.67. The van der Waals surface area contributed by atoms with Crippen LogP contribution in [0.1, 0.15) is 67.1 Å². The maximum absolute atomic E-state index is 12.9. The van der Waals surface area contributed by atoms with Crippen molar-refractivity contribution in [2.24, 2.45) is 5.92 Å². The normalized spacial score (nSPS) is 16.9. The van der Waals surface area contributed by atoms with Crippen LogP contribution >= 0.6 is 0 Å². The van der Waals surface area contributed by atoms with Crippen LogP contribution in [0.4, 0.5) is 0 Å². The molecule has 0 radical (unpaired) electrons. The summed E-state index contributed by atoms with van der Waals surface area (Å²) in [5.41, 5.74) is 2.98. The van der Waals surface area contributed by atoms with Gasteiger partial charge in [0, 0.05) is 24.2 Å². The van der Waals surface area contributed by atoms with Gasteiger partial charge in [0.1, 0.15) is 0 Å². The highest BCUT2D eigenvalue weighted by atomic mass is 16.2. The Bertz CT molecular complexity index is 887. The zero-order chi connectivity index (χ0) is 21.8. The fourth-order valence-electron chi connectivity index (χ4n) is 3.95. The molecule has 2 saturated carbocycles. The third-order valence-electron chi connectivity index (χ3n) is 6.07. The van der Waals surface area contributed by atoms with Crippen LogP contribution in [0.15, 0.2) is 54.6 Å². The molecule has 2 amide bonds. The van der Waals surface area contributed by atoms with Crippen molar-refractivity contribution in [3.8, 4) is 0 Å². The van der Waals surface area contributed by atoms with Crippen molar-refractivity contribution in [3.63, 3.8) is 0 Å². The van der Waals surface area contributed by atoms with Crippen molar-refractivity contribution in [2.75, 3.05) is 6.54 Å². The first-order valence-electron chi connectivity index (χ1n) is 11.5. The molecule has 2 aliphatic rings. The third kappa shape index (κ3) is 6.17. The SMILES string of the molecule is CC(C)C(NC(=O)CN(Cc1ccc(C(=O)NC2CC2)cc1)C1CC1)c1ccccc1. The Morgan fingerprint density at radius 2 is 1.65 bits per heavy atom. The highest BCUT2D eigenvalue weighted by molar-refractivity contribution is 5.94. The number of nitrogens with zero attached hydrogens (tertiary/aromatic N) is 1. The topological polar surface area (TPSA) is 61.4 Å². The zero-order valence-electron chi connectivity index (χ0n) is 18.5. The summed E-state index contributed by atoms with van der Waals surface area (Å²) < 4.78 is 0. The van der Waals surface area contributed by atoms with E-state index >= 15 is 0 Å². The number of benzene rings is 2. The van der Waals surface area contributed by atoms with Crippen molar-refractivity contribution in [1.29, 1.82) is 0 Å². The Kier molecular flexibility index (Phi) is 6.71. The average molecular weight is 420 g/mol. The standard InChI is InChI=1S/C26H33N3O2/c1-18(2)25(20-6-4-3-5-7-20)28-24(30)17-29(23-14-15-23)16-19-8-10-21(11-9-19)26(31)27-22-12-13-22/h3-11,18,22-23,25H,12-17H2,1-2H3,(H,27,31)(H,28,30). The predicted molar refractivity (Wildman–Crippen MR) is 123 cm³/mol. The molecule has 5 nitrogen and oxygen atoms in total. The summed E-state index contributed by atoms with van der Waals surface area (Å²) in [5.74, 6) is 0.387. The summed E-state index contributed by atoms with van der Waals surface area (Å²) in [6, 6.07) is 18.8. The lowest BCUT2D eigenvalue weighted by molar-refractivity contribution is -0.123. The first kappa shape index (κ1) is 21.6. The second-order valence-electron chi connectivity index (χ2n) is 9.28. The second kappa shape index (κ2) is 9.65. The summed E-state index contributed by atoms with van der Waals surface area (Å²) in [7, 11) is 0. The minimum absolute atomic E-state index is 0.00751. The summed E-state index contributed by atoms with van der Waals surface area (Å²) in [5, 5.41) is 6.27. The number of nitrogens with one attached hydrogen (secondary N) is 2. The molecule has 0 saturated heterocycles. The van der Waals surface area contributed by atoms with Gasteiger partial charge in [-0.05, 0) is 54.9 Å². The molecule has 31 heavy (non-hydrogen) atoms. The van der Waals surface area contributed by atoms with Gasteiger partial charge in [-0.3, -0.25) is 14.5 Å². The van der Waals surface area contributed by atoms with Gasteiger partial charge in [-0.15, -0.1) is 0 Å². The van der Waals surface area contributed by atoms with Crippen LogP contribution in [0, 0.1) is 5.92 Å². The van der Waals surface area contributed by atoms with Gasteiger partial charge in [0.25, 0.3) is 5.91 Å². The number of hydrogen-bond acceptors (Lipinski definition) is 3. The van der Waals surface area contributed by atoms with E-state index in [1.54, 1.807) is 0 Å². The van der Waals surface area contributed by atoms with Crippen LogP contribution in [-0.2, 0) is 11.3 Å². The van der Waals surface area contributed by atoms with Crippen molar-refractivity contribution >= 4 is 11.8 Å². The largest absolute Gasteiger partial charge is 0.349 e. The highest BCUT2D eigenvalue weighted by Crippen LogP contribution is 2.29. The van der Waals surface area contributed by atoms with Gasteiger partial charge >= 0.3 is 0 Å². The van der Waals surface area contributed by atoms with Crippen LogP contribution in [-0.4, -0.2) is 35.3 Å². The Balaban J connectivity index is 1.35. The van der Waals surface area contributed by atoms with Crippen molar-refractivity contribution < 1.29 is 9.59 Å². The molecule has 4 rings (SSSR count). The molecular weight excluding hydrogens is 386 g/mol. The minimum atomic E-state index is 0.00751. The van der Waals surface area contributed by atoms with Gasteiger partial charge in [0.2, 0.25) is 5.91 Å². The van der Waals surface area contributed by atoms with Gasteiger partial charge in [-0.25, -0.2) is 0 Å². The highest BCUT2D eigenvalue weighted by Gasteiger charge is 2.31. The molecule has 0 aromatic heterocycles. The van der Waals surface area contributed by atoms with E-state index in [0.29, 0.717) is 30.1 Å². The van der Waals surface area contributed by atoms with E-state index in [9.17, 15) is 9.59 Å². The summed E-state index contributed by atoms with van der Waals surface area (Å²) in [6.07, 6.45) is 4.46. The molecule has 2 aromatic carbocycles. The minimum Gasteiger partial charge on any atom is -0.349 e. The maximum atomic E-state index is 12.9. The van der Waals surface area contributed by atoms with Crippen LogP contribution in [0.2, 0.25) is 0 Å². The van der Waals surface area contributed by atoms with Gasteiger partial charge < -0.3 is 10.6 Å². The Labute approximate surface area is 185 Å². The lowest BCUT2D eigenvalue weighted by Crippen LogP contribution is -2.40. The van der Waals surface area contributed by atoms with E-state index in [1.165, 1.54) is 0 Å². The molecule has 0 aliphatic heterocycles. The van der Waals surface area contributed by atoms with Gasteiger partial charge in [0.05, 0.1) is 12.6 Å². The molecule has 1 atom stereocenters. The van der Waals surface area contributed by atoms with E-state index in [-0.39, 0.29) is 17.9 Å². The number of carbonyl (C=O) groups excluding carboxylic acids is 2. The molecule has 2 N–H and O–H groups in total. The number of hydrogen-bond donors (Lipinski definition) is 2. The fourth-order valence-corrected chi connectivity index (χ4v) is 3.95. The van der Waals surface area contributed by atoms with E-state index in [0.717, 1.165) is 43.4 Å². The quantitative estimate of drug-likeness (QED) is 0.611. The Morgan fingerprint density at radius 3 is 2.23 bits per heavy atom. The molecular formula is C26H33N3O2. The molecule has 2 fully saturated rings. The van der Waals surface area contributed by atoms with Crippen LogP contribution in [0.5, 0.6) is 0 Å². The van der Waals surface area contributed by atoms with E-state index in [4.69, 9.17) is 0 Å². The van der Waals surface area contributed by atoms with E-state index in [2.05, 4.69) is 41.5 Å². The molecule has 2 aromatic rings. The molecule has 164 valence electrons.